The van der Waals surface area contributed by atoms with Crippen molar-refractivity contribution in [3.05, 3.63) is 29.2 Å². The van der Waals surface area contributed by atoms with Crippen molar-refractivity contribution in [2.24, 2.45) is 5.84 Å². The maximum absolute atomic E-state index is 5.47. The number of hydrazine groups is 1. The fraction of sp³-hybridized carbons (Fsp3) is 0. The van der Waals surface area contributed by atoms with Crippen molar-refractivity contribution in [1.82, 2.24) is 9.97 Å². The Balaban J connectivity index is 2.34. The maximum Gasteiger partial charge on any atom is 0.152 e. The molecule has 0 aliphatic carbocycles. The predicted molar refractivity (Wildman–Crippen MR) is 68.5 cm³/mol. The molecule has 0 fully saturated rings. The minimum atomic E-state index is 0.676. The van der Waals surface area contributed by atoms with Gasteiger partial charge in [0, 0.05) is 15.8 Å². The standard InChI is InChI=1S/C10H8N4S2/c11-14-9-8-6(7-2-1-3-15-7)4-16-10(8)13-5-12-9/h1-5H,11H2,(H,12,13,14). The highest BCUT2D eigenvalue weighted by atomic mass is 32.1. The van der Waals surface area contributed by atoms with Gasteiger partial charge < -0.3 is 5.43 Å². The van der Waals surface area contributed by atoms with E-state index in [9.17, 15) is 0 Å². The third-order valence-corrected chi connectivity index (χ3v) is 4.08. The van der Waals surface area contributed by atoms with Crippen LogP contribution in [0.4, 0.5) is 5.82 Å². The molecule has 4 nitrogen and oxygen atoms in total. The second-order valence-corrected chi connectivity index (χ2v) is 4.98. The maximum atomic E-state index is 5.47. The highest BCUT2D eigenvalue weighted by Gasteiger charge is 2.12. The van der Waals surface area contributed by atoms with Gasteiger partial charge in [-0.1, -0.05) is 6.07 Å². The van der Waals surface area contributed by atoms with Gasteiger partial charge in [-0.3, -0.25) is 0 Å². The van der Waals surface area contributed by atoms with Crippen LogP contribution >= 0.6 is 22.7 Å². The van der Waals surface area contributed by atoms with Gasteiger partial charge in [-0.05, 0) is 11.4 Å². The summed E-state index contributed by atoms with van der Waals surface area (Å²) in [6.45, 7) is 0. The topological polar surface area (TPSA) is 63.8 Å². The Bertz CT molecular complexity index is 615. The number of anilines is 1. The number of rotatable bonds is 2. The van der Waals surface area contributed by atoms with E-state index in [4.69, 9.17) is 5.84 Å². The van der Waals surface area contributed by atoms with Gasteiger partial charge in [0.1, 0.15) is 11.2 Å². The third-order valence-electron chi connectivity index (χ3n) is 2.29. The van der Waals surface area contributed by atoms with Crippen molar-refractivity contribution in [2.45, 2.75) is 0 Å². The van der Waals surface area contributed by atoms with Crippen molar-refractivity contribution in [3.63, 3.8) is 0 Å². The molecule has 0 aliphatic heterocycles. The zero-order valence-electron chi connectivity index (χ0n) is 8.18. The molecule has 0 bridgehead atoms. The third kappa shape index (κ3) is 1.39. The summed E-state index contributed by atoms with van der Waals surface area (Å²) in [6, 6.07) is 4.11. The first-order valence-electron chi connectivity index (χ1n) is 4.63. The molecule has 3 heterocycles. The molecule has 3 N–H and O–H groups in total. The molecule has 0 atom stereocenters. The van der Waals surface area contributed by atoms with Crippen molar-refractivity contribution in [2.75, 3.05) is 5.43 Å². The number of hydrogen-bond acceptors (Lipinski definition) is 6. The molecule has 80 valence electrons. The number of nitrogens with one attached hydrogen (secondary N) is 1. The van der Waals surface area contributed by atoms with Crippen LogP contribution in [0.25, 0.3) is 20.7 Å². The van der Waals surface area contributed by atoms with Gasteiger partial charge in [0.15, 0.2) is 5.82 Å². The van der Waals surface area contributed by atoms with Gasteiger partial charge in [0.05, 0.1) is 5.39 Å². The quantitative estimate of drug-likeness (QED) is 0.540. The first-order chi connectivity index (χ1) is 7.90. The molecule has 3 aromatic rings. The number of nitrogen functional groups attached to an aromatic ring is 1. The Kier molecular flexibility index (Phi) is 2.32. The summed E-state index contributed by atoms with van der Waals surface area (Å²) in [5.74, 6) is 6.14. The lowest BCUT2D eigenvalue weighted by molar-refractivity contribution is 1.19. The van der Waals surface area contributed by atoms with Crippen LogP contribution in [0, 0.1) is 0 Å². The van der Waals surface area contributed by atoms with Crippen LogP contribution < -0.4 is 11.3 Å². The highest BCUT2D eigenvalue weighted by Crippen LogP contribution is 2.37. The lowest BCUT2D eigenvalue weighted by atomic mass is 10.2. The Morgan fingerprint density at radius 1 is 1.25 bits per heavy atom. The van der Waals surface area contributed by atoms with E-state index < -0.39 is 0 Å². The molecule has 0 radical (unpaired) electrons. The summed E-state index contributed by atoms with van der Waals surface area (Å²) in [5.41, 5.74) is 3.76. The first kappa shape index (κ1) is 9.71. The number of fused-ring (bicyclic) bond motifs is 1. The van der Waals surface area contributed by atoms with Crippen LogP contribution in [-0.2, 0) is 0 Å². The molecule has 0 unspecified atom stereocenters. The predicted octanol–water partition coefficient (Wildman–Crippen LogP) is 2.71. The Labute approximate surface area is 99.8 Å². The van der Waals surface area contributed by atoms with Gasteiger partial charge in [-0.2, -0.15) is 0 Å². The lowest BCUT2D eigenvalue weighted by Gasteiger charge is -2.01. The lowest BCUT2D eigenvalue weighted by Crippen LogP contribution is -2.08. The number of nitrogens with zero attached hydrogens (tertiary/aromatic N) is 2. The minimum absolute atomic E-state index is 0.676. The fourth-order valence-corrected chi connectivity index (χ4v) is 3.33. The highest BCUT2D eigenvalue weighted by molar-refractivity contribution is 7.18. The van der Waals surface area contributed by atoms with Crippen molar-refractivity contribution < 1.29 is 0 Å². The van der Waals surface area contributed by atoms with E-state index in [0.29, 0.717) is 5.82 Å². The molecule has 3 aromatic heterocycles. The van der Waals surface area contributed by atoms with Gasteiger partial charge in [-0.15, -0.1) is 22.7 Å². The van der Waals surface area contributed by atoms with Crippen LogP contribution in [0.15, 0.2) is 29.2 Å². The summed E-state index contributed by atoms with van der Waals surface area (Å²) in [6.07, 6.45) is 1.52. The Morgan fingerprint density at radius 3 is 2.94 bits per heavy atom. The normalized spacial score (nSPS) is 10.8. The molecule has 0 amide bonds. The van der Waals surface area contributed by atoms with E-state index in [2.05, 4.69) is 32.2 Å². The molecular weight excluding hydrogens is 240 g/mol. The number of nitrogens with two attached hydrogens (primary N) is 1. The number of thiophene rings is 2. The molecule has 0 saturated heterocycles. The van der Waals surface area contributed by atoms with Gasteiger partial charge in [0.25, 0.3) is 0 Å². The molecule has 0 spiro atoms. The molecule has 0 saturated carbocycles. The van der Waals surface area contributed by atoms with Crippen LogP contribution in [0.3, 0.4) is 0 Å². The zero-order valence-corrected chi connectivity index (χ0v) is 9.81. The second kappa shape index (κ2) is 3.82. The minimum Gasteiger partial charge on any atom is -0.308 e. The van der Waals surface area contributed by atoms with Crippen molar-refractivity contribution in [3.8, 4) is 10.4 Å². The molecule has 6 heteroatoms. The Hall–Kier alpha value is -1.50. The molecule has 0 aliphatic rings. The van der Waals surface area contributed by atoms with Crippen molar-refractivity contribution in [1.29, 1.82) is 0 Å². The number of hydrogen-bond donors (Lipinski definition) is 2. The van der Waals surface area contributed by atoms with Gasteiger partial charge in [-0.25, -0.2) is 15.8 Å². The zero-order chi connectivity index (χ0) is 11.0. The average Bonchev–Trinajstić information content (AvgIpc) is 2.96. The first-order valence-corrected chi connectivity index (χ1v) is 6.39. The summed E-state index contributed by atoms with van der Waals surface area (Å²) in [4.78, 5) is 10.5. The van der Waals surface area contributed by atoms with E-state index in [1.807, 2.05) is 6.07 Å². The number of aromatic nitrogens is 2. The monoisotopic (exact) mass is 248 g/mol. The van der Waals surface area contributed by atoms with Crippen LogP contribution in [0.5, 0.6) is 0 Å². The van der Waals surface area contributed by atoms with E-state index in [1.165, 1.54) is 11.2 Å². The second-order valence-electron chi connectivity index (χ2n) is 3.17. The van der Waals surface area contributed by atoms with Crippen LogP contribution in [0.2, 0.25) is 0 Å². The summed E-state index contributed by atoms with van der Waals surface area (Å²) in [5, 5.41) is 5.14. The summed E-state index contributed by atoms with van der Waals surface area (Å²) in [7, 11) is 0. The Morgan fingerprint density at radius 2 is 2.19 bits per heavy atom. The largest absolute Gasteiger partial charge is 0.308 e. The molecule has 16 heavy (non-hydrogen) atoms. The average molecular weight is 248 g/mol. The summed E-state index contributed by atoms with van der Waals surface area (Å²) < 4.78 is 0. The molecular formula is C10H8N4S2. The van der Waals surface area contributed by atoms with E-state index >= 15 is 0 Å². The molecule has 3 rings (SSSR count). The van der Waals surface area contributed by atoms with Crippen LogP contribution in [0.1, 0.15) is 0 Å². The van der Waals surface area contributed by atoms with Crippen LogP contribution in [-0.4, -0.2) is 9.97 Å². The SMILES string of the molecule is NNc1ncnc2scc(-c3cccs3)c12. The molecule has 0 aromatic carbocycles. The smallest absolute Gasteiger partial charge is 0.152 e. The van der Waals surface area contributed by atoms with Gasteiger partial charge in [0.2, 0.25) is 0 Å². The summed E-state index contributed by atoms with van der Waals surface area (Å²) >= 11 is 3.30. The van der Waals surface area contributed by atoms with Crippen molar-refractivity contribution >= 4 is 38.7 Å². The van der Waals surface area contributed by atoms with E-state index in [0.717, 1.165) is 15.8 Å². The van der Waals surface area contributed by atoms with E-state index in [1.54, 1.807) is 22.7 Å². The van der Waals surface area contributed by atoms with E-state index in [-0.39, 0.29) is 0 Å². The fourth-order valence-electron chi connectivity index (χ4n) is 1.60. The van der Waals surface area contributed by atoms with Gasteiger partial charge >= 0.3 is 0 Å².